The van der Waals surface area contributed by atoms with Crippen molar-refractivity contribution in [3.63, 3.8) is 0 Å². The van der Waals surface area contributed by atoms with Gasteiger partial charge in [-0.25, -0.2) is 4.98 Å². The third-order valence-corrected chi connectivity index (χ3v) is 4.45. The second-order valence-electron chi connectivity index (χ2n) is 6.77. The second kappa shape index (κ2) is 8.24. The summed E-state index contributed by atoms with van der Waals surface area (Å²) in [7, 11) is 1.65. The van der Waals surface area contributed by atoms with Crippen molar-refractivity contribution in [2.24, 2.45) is 0 Å². The van der Waals surface area contributed by atoms with Crippen LogP contribution in [0.15, 0.2) is 30.5 Å². The molecule has 0 aliphatic rings. The van der Waals surface area contributed by atoms with Gasteiger partial charge in [0.05, 0.1) is 26.0 Å². The molecule has 0 bridgehead atoms. The summed E-state index contributed by atoms with van der Waals surface area (Å²) in [6, 6.07) is 7.78. The first-order chi connectivity index (χ1) is 13.4. The van der Waals surface area contributed by atoms with Crippen molar-refractivity contribution in [3.8, 4) is 5.75 Å². The van der Waals surface area contributed by atoms with Crippen molar-refractivity contribution < 1.29 is 9.47 Å². The number of nitrogens with one attached hydrogen (secondary N) is 2. The molecule has 28 heavy (non-hydrogen) atoms. The molecule has 1 aromatic carbocycles. The van der Waals surface area contributed by atoms with Crippen molar-refractivity contribution >= 4 is 17.5 Å². The van der Waals surface area contributed by atoms with E-state index in [1.807, 2.05) is 38.1 Å². The Kier molecular flexibility index (Phi) is 5.77. The maximum Gasteiger partial charge on any atom is 0.252 e. The molecule has 2 heterocycles. The van der Waals surface area contributed by atoms with E-state index in [9.17, 15) is 0 Å². The molecule has 0 unspecified atom stereocenters. The molecular formula is C20H26N6O2. The molecule has 0 spiro atoms. The lowest BCUT2D eigenvalue weighted by molar-refractivity contribution is 0.323. The number of hydrogen-bond acceptors (Lipinski definition) is 7. The van der Waals surface area contributed by atoms with Crippen LogP contribution in [0.3, 0.4) is 0 Å². The Balaban J connectivity index is 2.04. The van der Waals surface area contributed by atoms with Crippen LogP contribution < -0.4 is 10.1 Å². The lowest BCUT2D eigenvalue weighted by Crippen LogP contribution is -2.17. The minimum atomic E-state index is -0.0611. The number of nitrogens with zero attached hydrogens (tertiary/aromatic N) is 4. The zero-order valence-corrected chi connectivity index (χ0v) is 16.9. The van der Waals surface area contributed by atoms with Crippen LogP contribution >= 0.6 is 0 Å². The number of ether oxygens (including phenoxy) is 2. The molecule has 8 nitrogen and oxygen atoms in total. The molecule has 3 rings (SSSR count). The molecule has 0 aliphatic heterocycles. The maximum atomic E-state index is 8.11. The van der Waals surface area contributed by atoms with E-state index in [-0.39, 0.29) is 23.7 Å². The van der Waals surface area contributed by atoms with E-state index in [0.717, 1.165) is 16.9 Å². The van der Waals surface area contributed by atoms with E-state index in [2.05, 4.69) is 34.2 Å². The van der Waals surface area contributed by atoms with Crippen LogP contribution in [0.1, 0.15) is 56.6 Å². The predicted molar refractivity (Wildman–Crippen MR) is 108 cm³/mol. The third-order valence-electron chi connectivity index (χ3n) is 4.45. The zero-order valence-electron chi connectivity index (χ0n) is 16.9. The maximum absolute atomic E-state index is 8.11. The fraction of sp³-hybridized carbons (Fsp3) is 0.400. The number of benzene rings is 1. The van der Waals surface area contributed by atoms with Gasteiger partial charge in [-0.3, -0.25) is 5.41 Å². The number of anilines is 1. The normalized spacial score (nSPS) is 12.2. The Labute approximate surface area is 164 Å². The van der Waals surface area contributed by atoms with Crippen molar-refractivity contribution in [1.29, 1.82) is 5.41 Å². The summed E-state index contributed by atoms with van der Waals surface area (Å²) in [5.41, 5.74) is 2.71. The molecule has 0 fully saturated rings. The van der Waals surface area contributed by atoms with Crippen molar-refractivity contribution in [2.45, 2.75) is 39.7 Å². The van der Waals surface area contributed by atoms with Gasteiger partial charge in [0, 0.05) is 5.56 Å². The van der Waals surface area contributed by atoms with Gasteiger partial charge in [0.15, 0.2) is 5.65 Å². The monoisotopic (exact) mass is 382 g/mol. The molecule has 0 saturated carbocycles. The lowest BCUT2D eigenvalue weighted by atomic mass is 10.1. The van der Waals surface area contributed by atoms with Crippen molar-refractivity contribution in [2.75, 3.05) is 19.0 Å². The number of methoxy groups -OCH3 is 1. The molecular weight excluding hydrogens is 356 g/mol. The van der Waals surface area contributed by atoms with E-state index in [4.69, 9.17) is 14.9 Å². The lowest BCUT2D eigenvalue weighted by Gasteiger charge is -2.17. The van der Waals surface area contributed by atoms with Gasteiger partial charge in [-0.1, -0.05) is 26.0 Å². The zero-order chi connectivity index (χ0) is 20.3. The average Bonchev–Trinajstić information content (AvgIpc) is 3.12. The minimum Gasteiger partial charge on any atom is -0.497 e. The third kappa shape index (κ3) is 3.90. The van der Waals surface area contributed by atoms with Crippen molar-refractivity contribution in [3.05, 3.63) is 47.4 Å². The summed E-state index contributed by atoms with van der Waals surface area (Å²) in [5, 5.41) is 16.0. The molecule has 0 amide bonds. The smallest absolute Gasteiger partial charge is 0.252 e. The molecule has 2 N–H and O–H groups in total. The first-order valence-corrected chi connectivity index (χ1v) is 9.32. The van der Waals surface area contributed by atoms with Gasteiger partial charge in [0.1, 0.15) is 5.75 Å². The predicted octanol–water partition coefficient (Wildman–Crippen LogP) is 3.79. The number of rotatable bonds is 7. The summed E-state index contributed by atoms with van der Waals surface area (Å²) in [5.74, 6) is 1.71. The van der Waals surface area contributed by atoms with Gasteiger partial charge < -0.3 is 14.8 Å². The van der Waals surface area contributed by atoms with Gasteiger partial charge in [0.2, 0.25) is 11.8 Å². The summed E-state index contributed by atoms with van der Waals surface area (Å²) in [4.78, 5) is 9.02. The highest BCUT2D eigenvalue weighted by Crippen LogP contribution is 2.25. The Morgan fingerprint density at radius 2 is 2.04 bits per heavy atom. The van der Waals surface area contributed by atoms with E-state index >= 15 is 0 Å². The SMILES string of the molecule is CCOC(=N)c1nc(N[C@@H](C)c2cccc(OC)c2)n2ncc(C(C)C)c2n1. The van der Waals surface area contributed by atoms with Crippen LogP contribution in [0.2, 0.25) is 0 Å². The van der Waals surface area contributed by atoms with E-state index in [1.165, 1.54) is 0 Å². The van der Waals surface area contributed by atoms with Gasteiger partial charge in [0.25, 0.3) is 5.90 Å². The van der Waals surface area contributed by atoms with Gasteiger partial charge >= 0.3 is 0 Å². The second-order valence-corrected chi connectivity index (χ2v) is 6.77. The highest BCUT2D eigenvalue weighted by atomic mass is 16.5. The number of aromatic nitrogens is 4. The first kappa shape index (κ1) is 19.6. The number of hydrogen-bond donors (Lipinski definition) is 2. The standard InChI is InChI=1S/C20H26N6O2/c1-6-28-17(21)18-24-19-16(12(2)3)11-22-26(19)20(25-18)23-13(4)14-8-7-9-15(10-14)27-5/h7-13,21H,6H2,1-5H3,(H,23,24,25)/t13-/m0/s1. The van der Waals surface area contributed by atoms with E-state index in [0.29, 0.717) is 18.2 Å². The molecule has 0 aliphatic carbocycles. The van der Waals surface area contributed by atoms with E-state index in [1.54, 1.807) is 17.8 Å². The fourth-order valence-electron chi connectivity index (χ4n) is 2.89. The highest BCUT2D eigenvalue weighted by Gasteiger charge is 2.19. The van der Waals surface area contributed by atoms with Crippen LogP contribution in [0.25, 0.3) is 5.65 Å². The molecule has 2 aromatic heterocycles. The van der Waals surface area contributed by atoms with Crippen LogP contribution in [0.5, 0.6) is 5.75 Å². The fourth-order valence-corrected chi connectivity index (χ4v) is 2.89. The summed E-state index contributed by atoms with van der Waals surface area (Å²) in [6.07, 6.45) is 1.80. The highest BCUT2D eigenvalue weighted by molar-refractivity contribution is 5.88. The summed E-state index contributed by atoms with van der Waals surface area (Å²) >= 11 is 0. The first-order valence-electron chi connectivity index (χ1n) is 9.32. The van der Waals surface area contributed by atoms with Crippen LogP contribution in [0.4, 0.5) is 5.95 Å². The average molecular weight is 382 g/mol. The van der Waals surface area contributed by atoms with Gasteiger partial charge in [-0.15, -0.1) is 0 Å². The molecule has 1 atom stereocenters. The Morgan fingerprint density at radius 3 is 2.71 bits per heavy atom. The van der Waals surface area contributed by atoms with Crippen LogP contribution in [0, 0.1) is 5.41 Å². The molecule has 3 aromatic rings. The Bertz CT molecular complexity index is 982. The molecule has 0 radical (unpaired) electrons. The van der Waals surface area contributed by atoms with Gasteiger partial charge in [-0.2, -0.15) is 14.6 Å². The minimum absolute atomic E-state index is 0.0574. The molecule has 8 heteroatoms. The quantitative estimate of drug-likeness (QED) is 0.477. The Hall–Kier alpha value is -3.16. The topological polar surface area (TPSA) is 97.4 Å². The summed E-state index contributed by atoms with van der Waals surface area (Å²) in [6.45, 7) is 8.41. The number of fused-ring (bicyclic) bond motifs is 1. The summed E-state index contributed by atoms with van der Waals surface area (Å²) < 4.78 is 12.3. The van der Waals surface area contributed by atoms with Gasteiger partial charge in [-0.05, 0) is 37.5 Å². The molecule has 0 saturated heterocycles. The molecule has 148 valence electrons. The Morgan fingerprint density at radius 1 is 1.25 bits per heavy atom. The van der Waals surface area contributed by atoms with Crippen LogP contribution in [-0.4, -0.2) is 39.2 Å². The van der Waals surface area contributed by atoms with Crippen molar-refractivity contribution in [1.82, 2.24) is 19.6 Å². The van der Waals surface area contributed by atoms with E-state index < -0.39 is 0 Å². The largest absolute Gasteiger partial charge is 0.497 e. The van der Waals surface area contributed by atoms with Crippen LogP contribution in [-0.2, 0) is 4.74 Å².